The van der Waals surface area contributed by atoms with Gasteiger partial charge in [-0.3, -0.25) is 14.7 Å². The molecule has 0 fully saturated rings. The van der Waals surface area contributed by atoms with E-state index in [1.54, 1.807) is 0 Å². The molecule has 0 atom stereocenters. The zero-order valence-corrected chi connectivity index (χ0v) is 21.7. The van der Waals surface area contributed by atoms with E-state index in [1.165, 1.54) is 4.90 Å². The molecule has 0 unspecified atom stereocenters. The summed E-state index contributed by atoms with van der Waals surface area (Å²) in [4.78, 5) is 56.4. The van der Waals surface area contributed by atoms with Crippen molar-refractivity contribution in [1.29, 1.82) is 0 Å². The van der Waals surface area contributed by atoms with Crippen molar-refractivity contribution in [1.82, 2.24) is 14.7 Å². The van der Waals surface area contributed by atoms with Gasteiger partial charge in [0, 0.05) is 58.9 Å². The van der Waals surface area contributed by atoms with Crippen LogP contribution in [-0.2, 0) is 41.0 Å². The van der Waals surface area contributed by atoms with Crippen LogP contribution in [-0.4, -0.2) is 103 Å². The third-order valence-electron chi connectivity index (χ3n) is 3.23. The van der Waals surface area contributed by atoms with Crippen LogP contribution in [0.25, 0.3) is 0 Å². The predicted octanol–water partition coefficient (Wildman–Crippen LogP) is -15.4. The van der Waals surface area contributed by atoms with Gasteiger partial charge in [-0.15, -0.1) is 0 Å². The fraction of sp³-hybridized carbons (Fsp3) is 0.643. The minimum atomic E-state index is -1.54. The molecule has 0 aliphatic rings. The molecular formula is C14H18FeN3Na2O10. The molecule has 16 heteroatoms. The van der Waals surface area contributed by atoms with Gasteiger partial charge in [-0.05, 0) is 0 Å². The topological polar surface area (TPSA) is 210 Å². The zero-order valence-electron chi connectivity index (χ0n) is 16.6. The van der Waals surface area contributed by atoms with Crippen molar-refractivity contribution >= 4 is 29.8 Å². The molecule has 0 saturated carbocycles. The summed E-state index contributed by atoms with van der Waals surface area (Å²) < 4.78 is 0. The number of carbonyl (C=O) groups is 5. The van der Waals surface area contributed by atoms with Crippen molar-refractivity contribution in [3.05, 3.63) is 0 Å². The maximum absolute atomic E-state index is 10.8. The Bertz CT molecular complexity index is 498. The summed E-state index contributed by atoms with van der Waals surface area (Å²) in [6.07, 6.45) is 0. The molecule has 0 N–H and O–H groups in total. The molecule has 0 heterocycles. The largest absolute Gasteiger partial charge is 3.00 e. The Labute approximate surface area is 227 Å². The van der Waals surface area contributed by atoms with E-state index >= 15 is 0 Å². The van der Waals surface area contributed by atoms with Crippen LogP contribution >= 0.6 is 0 Å². The molecule has 0 aromatic heterocycles. The summed E-state index contributed by atoms with van der Waals surface area (Å²) in [6.45, 7) is -4.16. The maximum Gasteiger partial charge on any atom is 3.00 e. The summed E-state index contributed by atoms with van der Waals surface area (Å²) in [5, 5.41) is 53.3. The Kier molecular flexibility index (Phi) is 25.5. The average Bonchev–Trinajstić information content (AvgIpc) is 2.46. The molecule has 30 heavy (non-hydrogen) atoms. The van der Waals surface area contributed by atoms with E-state index in [0.717, 1.165) is 9.80 Å². The van der Waals surface area contributed by atoms with E-state index in [9.17, 15) is 49.5 Å². The first kappa shape index (κ1) is 37.1. The molecule has 0 spiro atoms. The van der Waals surface area contributed by atoms with Gasteiger partial charge in [-0.2, -0.15) is 0 Å². The van der Waals surface area contributed by atoms with Crippen LogP contribution in [0.2, 0.25) is 0 Å². The van der Waals surface area contributed by atoms with Crippen LogP contribution < -0.4 is 84.6 Å². The Morgan fingerprint density at radius 2 is 0.600 bits per heavy atom. The van der Waals surface area contributed by atoms with Gasteiger partial charge in [0.25, 0.3) is 0 Å². The van der Waals surface area contributed by atoms with Gasteiger partial charge < -0.3 is 49.5 Å². The monoisotopic (exact) mass is 490 g/mol. The Morgan fingerprint density at radius 3 is 0.800 bits per heavy atom. The molecule has 0 bridgehead atoms. The number of aliphatic carboxylic acids is 5. The van der Waals surface area contributed by atoms with Crippen molar-refractivity contribution in [3.8, 4) is 0 Å². The summed E-state index contributed by atoms with van der Waals surface area (Å²) >= 11 is 0. The third-order valence-corrected chi connectivity index (χ3v) is 3.23. The van der Waals surface area contributed by atoms with E-state index < -0.39 is 62.6 Å². The maximum atomic E-state index is 10.8. The van der Waals surface area contributed by atoms with Gasteiger partial charge in [0.15, 0.2) is 0 Å². The minimum absolute atomic E-state index is 0. The second-order valence-corrected chi connectivity index (χ2v) is 5.56. The first-order chi connectivity index (χ1) is 12.5. The van der Waals surface area contributed by atoms with Gasteiger partial charge in [0.1, 0.15) is 0 Å². The Morgan fingerprint density at radius 1 is 0.433 bits per heavy atom. The van der Waals surface area contributed by atoms with Crippen molar-refractivity contribution < 1.29 is 126 Å². The zero-order chi connectivity index (χ0) is 21.0. The van der Waals surface area contributed by atoms with Crippen molar-refractivity contribution in [2.45, 2.75) is 0 Å². The molecule has 0 aromatic rings. The van der Waals surface area contributed by atoms with Crippen molar-refractivity contribution in [3.63, 3.8) is 0 Å². The van der Waals surface area contributed by atoms with E-state index in [2.05, 4.69) is 0 Å². The first-order valence-electron chi connectivity index (χ1n) is 7.66. The number of hydrogen-bond donors (Lipinski definition) is 0. The molecule has 0 saturated heterocycles. The predicted molar refractivity (Wildman–Crippen MR) is 74.4 cm³/mol. The smallest absolute Gasteiger partial charge is 0.549 e. The quantitative estimate of drug-likeness (QED) is 0.184. The van der Waals surface area contributed by atoms with E-state index in [0.29, 0.717) is 0 Å². The average molecular weight is 490 g/mol. The number of hydrogen-bond acceptors (Lipinski definition) is 13. The summed E-state index contributed by atoms with van der Waals surface area (Å²) in [7, 11) is 0. The molecule has 0 aliphatic heterocycles. The van der Waals surface area contributed by atoms with Crippen LogP contribution in [0.15, 0.2) is 0 Å². The third kappa shape index (κ3) is 22.4. The van der Waals surface area contributed by atoms with Gasteiger partial charge in [0.2, 0.25) is 0 Å². The minimum Gasteiger partial charge on any atom is -0.549 e. The number of rotatable bonds is 16. The van der Waals surface area contributed by atoms with Gasteiger partial charge in [0.05, 0.1) is 29.8 Å². The Balaban J connectivity index is -0.00000113. The molecule has 0 aromatic carbocycles. The molecule has 1 radical (unpaired) electrons. The molecule has 0 amide bonds. The number of carboxylic acid groups (broad SMARTS) is 5. The summed E-state index contributed by atoms with van der Waals surface area (Å²) in [6, 6.07) is 0. The van der Waals surface area contributed by atoms with Crippen LogP contribution in [0.1, 0.15) is 0 Å². The summed E-state index contributed by atoms with van der Waals surface area (Å²) in [5.74, 6) is -7.67. The van der Waals surface area contributed by atoms with Gasteiger partial charge in [-0.25, -0.2) is 0 Å². The van der Waals surface area contributed by atoms with Gasteiger partial charge >= 0.3 is 76.2 Å². The Hall–Kier alpha value is -0.251. The van der Waals surface area contributed by atoms with Gasteiger partial charge in [-0.1, -0.05) is 0 Å². The number of carboxylic acids is 5. The van der Waals surface area contributed by atoms with Crippen LogP contribution in [0, 0.1) is 0 Å². The molecule has 159 valence electrons. The normalized spacial score (nSPS) is 9.97. The van der Waals surface area contributed by atoms with E-state index in [1.807, 2.05) is 0 Å². The second-order valence-electron chi connectivity index (χ2n) is 5.56. The first-order valence-corrected chi connectivity index (χ1v) is 7.66. The SMILES string of the molecule is O=C([O-])CN(CCN(CC(=O)[O-])CC(=O)[O-])CCN(CC(=O)[O-])CC(=O)[O-].[Fe+3].[Na+].[Na+]. The molecule has 13 nitrogen and oxygen atoms in total. The molecular weight excluding hydrogens is 472 g/mol. The van der Waals surface area contributed by atoms with E-state index in [-0.39, 0.29) is 102 Å². The van der Waals surface area contributed by atoms with Crippen LogP contribution in [0.3, 0.4) is 0 Å². The molecule has 0 aliphatic carbocycles. The van der Waals surface area contributed by atoms with Crippen molar-refractivity contribution in [2.24, 2.45) is 0 Å². The second kappa shape index (κ2) is 20.6. The van der Waals surface area contributed by atoms with Crippen LogP contribution in [0.4, 0.5) is 0 Å². The number of carbonyl (C=O) groups excluding carboxylic acids is 5. The number of nitrogens with zero attached hydrogens (tertiary/aromatic N) is 3. The fourth-order valence-electron chi connectivity index (χ4n) is 2.18. The van der Waals surface area contributed by atoms with Crippen molar-refractivity contribution in [2.75, 3.05) is 58.9 Å². The standard InChI is InChI=1S/C14H23N3O10.Fe.2Na/c18-10(19)5-15(1-3-16(6-11(20)21)7-12(22)23)2-4-17(8-13(24)25)9-14(26)27;;;/h1-9H2,(H,18,19)(H,20,21)(H,22,23)(H,24,25)(H,26,27);;;/q;+3;2*+1/p-5. The van der Waals surface area contributed by atoms with Crippen LogP contribution in [0.5, 0.6) is 0 Å². The molecule has 0 rings (SSSR count). The fourth-order valence-corrected chi connectivity index (χ4v) is 2.18. The van der Waals surface area contributed by atoms with E-state index in [4.69, 9.17) is 0 Å². The summed E-state index contributed by atoms with van der Waals surface area (Å²) in [5.41, 5.74) is 0.